The first-order valence-electron chi connectivity index (χ1n) is 8.39. The minimum absolute atomic E-state index is 0.753. The molecule has 4 rings (SSSR count). The summed E-state index contributed by atoms with van der Waals surface area (Å²) in [4.78, 5) is 20.3. The van der Waals surface area contributed by atoms with Crippen molar-refractivity contribution in [2.75, 3.05) is 36.1 Å². The van der Waals surface area contributed by atoms with Gasteiger partial charge in [-0.2, -0.15) is 0 Å². The third-order valence-electron chi connectivity index (χ3n) is 4.51. The highest BCUT2D eigenvalue weighted by molar-refractivity contribution is 5.87. The van der Waals surface area contributed by atoms with E-state index in [0.717, 1.165) is 61.2 Å². The van der Waals surface area contributed by atoms with E-state index >= 15 is 0 Å². The molecular formula is C19H20N4O2. The van der Waals surface area contributed by atoms with Gasteiger partial charge in [-0.25, -0.2) is 4.98 Å². The van der Waals surface area contributed by atoms with Gasteiger partial charge >= 0.3 is 0 Å². The van der Waals surface area contributed by atoms with Crippen LogP contribution in [0.3, 0.4) is 0 Å². The Kier molecular flexibility index (Phi) is 4.11. The molecule has 1 saturated heterocycles. The minimum Gasteiger partial charge on any atom is -0.378 e. The molecule has 1 aromatic carbocycles. The lowest BCUT2D eigenvalue weighted by Crippen LogP contribution is -2.36. The predicted molar refractivity (Wildman–Crippen MR) is 97.6 cm³/mol. The lowest BCUT2D eigenvalue weighted by molar-refractivity contribution is -0.106. The number of rotatable bonds is 4. The van der Waals surface area contributed by atoms with Crippen molar-refractivity contribution in [1.82, 2.24) is 9.38 Å². The van der Waals surface area contributed by atoms with Gasteiger partial charge in [0, 0.05) is 25.0 Å². The number of hydrogen-bond acceptors (Lipinski definition) is 4. The third-order valence-corrected chi connectivity index (χ3v) is 4.51. The number of ether oxygens (including phenoxy) is 1. The van der Waals surface area contributed by atoms with E-state index in [4.69, 9.17) is 4.74 Å². The van der Waals surface area contributed by atoms with Crippen LogP contribution in [0, 0.1) is 6.92 Å². The standard InChI is InChI=1S/C19H20N4O2/c1-15-19(22-9-3-2-4-18(22)20-15)23(14-24)17-7-5-16(6-8-17)21-10-12-25-13-11-21/h2-9,14H,10-13H2,1H3. The number of nitrogens with zero attached hydrogens (tertiary/aromatic N) is 4. The molecule has 0 bridgehead atoms. The first-order valence-corrected chi connectivity index (χ1v) is 8.39. The van der Waals surface area contributed by atoms with Gasteiger partial charge in [0.05, 0.1) is 24.6 Å². The maximum atomic E-state index is 11.8. The van der Waals surface area contributed by atoms with Crippen molar-refractivity contribution in [1.29, 1.82) is 0 Å². The molecule has 6 heteroatoms. The van der Waals surface area contributed by atoms with Crippen LogP contribution in [-0.4, -0.2) is 42.1 Å². The van der Waals surface area contributed by atoms with Crippen LogP contribution < -0.4 is 9.80 Å². The number of morpholine rings is 1. The molecule has 3 aromatic rings. The Bertz CT molecular complexity index is 882. The molecule has 1 aliphatic rings. The van der Waals surface area contributed by atoms with Gasteiger partial charge < -0.3 is 9.64 Å². The second kappa shape index (κ2) is 6.57. The third kappa shape index (κ3) is 2.85. The van der Waals surface area contributed by atoms with Crippen molar-refractivity contribution in [2.24, 2.45) is 0 Å². The van der Waals surface area contributed by atoms with Crippen molar-refractivity contribution in [2.45, 2.75) is 6.92 Å². The molecule has 128 valence electrons. The molecule has 0 saturated carbocycles. The fraction of sp³-hybridized carbons (Fsp3) is 0.263. The predicted octanol–water partition coefficient (Wildman–Crippen LogP) is 2.77. The highest BCUT2D eigenvalue weighted by atomic mass is 16.5. The number of carbonyl (C=O) groups excluding carboxylic acids is 1. The van der Waals surface area contributed by atoms with Crippen molar-refractivity contribution in [3.63, 3.8) is 0 Å². The molecule has 0 spiro atoms. The molecule has 0 unspecified atom stereocenters. The molecule has 6 nitrogen and oxygen atoms in total. The molecule has 3 heterocycles. The molecule has 0 N–H and O–H groups in total. The van der Waals surface area contributed by atoms with Gasteiger partial charge in [0.25, 0.3) is 0 Å². The zero-order valence-corrected chi connectivity index (χ0v) is 14.1. The van der Waals surface area contributed by atoms with E-state index in [0.29, 0.717) is 0 Å². The van der Waals surface area contributed by atoms with Gasteiger partial charge in [-0.3, -0.25) is 14.1 Å². The molecule has 25 heavy (non-hydrogen) atoms. The summed E-state index contributed by atoms with van der Waals surface area (Å²) in [6.45, 7) is 5.21. The number of aryl methyl sites for hydroxylation is 1. The number of pyridine rings is 1. The van der Waals surface area contributed by atoms with Crippen LogP contribution >= 0.6 is 0 Å². The summed E-state index contributed by atoms with van der Waals surface area (Å²) >= 11 is 0. The van der Waals surface area contributed by atoms with E-state index < -0.39 is 0 Å². The van der Waals surface area contributed by atoms with Gasteiger partial charge in [-0.05, 0) is 43.3 Å². The Morgan fingerprint density at radius 1 is 1.12 bits per heavy atom. The van der Waals surface area contributed by atoms with Crippen LogP contribution in [0.1, 0.15) is 5.69 Å². The summed E-state index contributed by atoms with van der Waals surface area (Å²) < 4.78 is 7.33. The van der Waals surface area contributed by atoms with Gasteiger partial charge in [-0.15, -0.1) is 0 Å². The van der Waals surface area contributed by atoms with E-state index in [1.54, 1.807) is 4.90 Å². The van der Waals surface area contributed by atoms with Crippen molar-refractivity contribution in [3.8, 4) is 0 Å². The largest absolute Gasteiger partial charge is 0.378 e. The summed E-state index contributed by atoms with van der Waals surface area (Å²) in [5, 5.41) is 0. The smallest absolute Gasteiger partial charge is 0.219 e. The lowest BCUT2D eigenvalue weighted by atomic mass is 10.2. The summed E-state index contributed by atoms with van der Waals surface area (Å²) in [7, 11) is 0. The highest BCUT2D eigenvalue weighted by Gasteiger charge is 2.18. The Hall–Kier alpha value is -2.86. The van der Waals surface area contributed by atoms with Crippen LogP contribution in [0.25, 0.3) is 5.65 Å². The van der Waals surface area contributed by atoms with E-state index in [2.05, 4.69) is 22.0 Å². The summed E-state index contributed by atoms with van der Waals surface area (Å²) in [6.07, 6.45) is 2.76. The van der Waals surface area contributed by atoms with E-state index in [1.165, 1.54) is 0 Å². The highest BCUT2D eigenvalue weighted by Crippen LogP contribution is 2.29. The summed E-state index contributed by atoms with van der Waals surface area (Å²) in [5.74, 6) is 0.768. The monoisotopic (exact) mass is 336 g/mol. The zero-order chi connectivity index (χ0) is 17.2. The lowest BCUT2D eigenvalue weighted by Gasteiger charge is -2.29. The minimum atomic E-state index is 0.753. The maximum Gasteiger partial charge on any atom is 0.219 e. The molecule has 1 amide bonds. The number of amides is 1. The molecule has 0 aliphatic carbocycles. The van der Waals surface area contributed by atoms with Crippen LogP contribution in [0.4, 0.5) is 17.2 Å². The number of hydrogen-bond donors (Lipinski definition) is 0. The number of anilines is 3. The van der Waals surface area contributed by atoms with Crippen LogP contribution in [-0.2, 0) is 9.53 Å². The average molecular weight is 336 g/mol. The number of benzene rings is 1. The Balaban J connectivity index is 1.68. The van der Waals surface area contributed by atoms with Gasteiger partial charge in [-0.1, -0.05) is 6.07 Å². The van der Waals surface area contributed by atoms with E-state index in [1.807, 2.05) is 47.9 Å². The molecule has 0 atom stereocenters. The Labute approximate surface area is 146 Å². The molecule has 0 radical (unpaired) electrons. The van der Waals surface area contributed by atoms with Crippen molar-refractivity contribution in [3.05, 3.63) is 54.4 Å². The van der Waals surface area contributed by atoms with E-state index in [9.17, 15) is 4.79 Å². The SMILES string of the molecule is Cc1nc2ccccn2c1N(C=O)c1ccc(N2CCOCC2)cc1. The van der Waals surface area contributed by atoms with Gasteiger partial charge in [0.15, 0.2) is 0 Å². The maximum absolute atomic E-state index is 11.8. The fourth-order valence-corrected chi connectivity index (χ4v) is 3.27. The number of aromatic nitrogens is 2. The van der Waals surface area contributed by atoms with Crippen LogP contribution in [0.5, 0.6) is 0 Å². The van der Waals surface area contributed by atoms with Crippen LogP contribution in [0.15, 0.2) is 48.7 Å². The summed E-state index contributed by atoms with van der Waals surface area (Å²) in [5.41, 5.74) is 3.61. The number of carbonyl (C=O) groups is 1. The first kappa shape index (κ1) is 15.7. The number of fused-ring (bicyclic) bond motifs is 1. The van der Waals surface area contributed by atoms with Crippen molar-refractivity contribution < 1.29 is 9.53 Å². The first-order chi connectivity index (χ1) is 12.3. The molecule has 1 fully saturated rings. The van der Waals surface area contributed by atoms with Gasteiger partial charge in [0.1, 0.15) is 11.5 Å². The fourth-order valence-electron chi connectivity index (χ4n) is 3.27. The quantitative estimate of drug-likeness (QED) is 0.688. The van der Waals surface area contributed by atoms with E-state index in [-0.39, 0.29) is 0 Å². The summed E-state index contributed by atoms with van der Waals surface area (Å²) in [6, 6.07) is 13.9. The Morgan fingerprint density at radius 3 is 2.60 bits per heavy atom. The normalized spacial score (nSPS) is 14.7. The molecule has 1 aliphatic heterocycles. The average Bonchev–Trinajstić information content (AvgIpc) is 3.00. The number of imidazole rings is 1. The second-order valence-electron chi connectivity index (χ2n) is 6.04. The topological polar surface area (TPSA) is 50.1 Å². The molecular weight excluding hydrogens is 316 g/mol. The van der Waals surface area contributed by atoms with Crippen molar-refractivity contribution >= 4 is 29.2 Å². The van der Waals surface area contributed by atoms with Gasteiger partial charge in [0.2, 0.25) is 6.41 Å². The van der Waals surface area contributed by atoms with Crippen LogP contribution in [0.2, 0.25) is 0 Å². The second-order valence-corrected chi connectivity index (χ2v) is 6.04. The molecule has 2 aromatic heterocycles. The Morgan fingerprint density at radius 2 is 1.88 bits per heavy atom. The zero-order valence-electron chi connectivity index (χ0n) is 14.1.